The first kappa shape index (κ1) is 26.8. The number of aryl methyl sites for hydroxylation is 1. The number of nitrogens with one attached hydrogen (secondary N) is 2. The molecule has 3 N–H and O–H groups in total. The molecule has 0 aliphatic rings. The van der Waals surface area contributed by atoms with E-state index in [2.05, 4.69) is 20.8 Å². The number of pyridine rings is 1. The normalized spacial score (nSPS) is 11.4. The third-order valence-corrected chi connectivity index (χ3v) is 8.23. The molecular weight excluding hydrogens is 551 g/mol. The first-order chi connectivity index (χ1) is 17.8. The number of hydrogen-bond acceptors (Lipinski definition) is 7. The van der Waals surface area contributed by atoms with Crippen LogP contribution in [-0.4, -0.2) is 34.2 Å². The molecule has 11 heteroatoms. The Morgan fingerprint density at radius 1 is 1.03 bits per heavy atom. The lowest BCUT2D eigenvalue weighted by atomic mass is 10.1. The third-order valence-electron chi connectivity index (χ3n) is 5.39. The van der Waals surface area contributed by atoms with E-state index in [4.69, 9.17) is 23.2 Å². The molecule has 0 atom stereocenters. The minimum Gasteiger partial charge on any atom is -0.506 e. The van der Waals surface area contributed by atoms with E-state index in [9.17, 15) is 14.7 Å². The van der Waals surface area contributed by atoms with Gasteiger partial charge in [-0.3, -0.25) is 14.6 Å². The Balaban J connectivity index is 1.32. The van der Waals surface area contributed by atoms with Crippen LogP contribution in [0.3, 0.4) is 0 Å². The Hall–Kier alpha value is -3.24. The number of hydrogen-bond donors (Lipinski definition) is 3. The molecule has 0 spiro atoms. The predicted molar refractivity (Wildman–Crippen MR) is 150 cm³/mol. The fourth-order valence-corrected chi connectivity index (χ4v) is 5.53. The molecule has 0 fully saturated rings. The van der Waals surface area contributed by atoms with Crippen LogP contribution < -0.4 is 10.7 Å². The molecule has 0 saturated carbocycles. The zero-order valence-corrected chi connectivity index (χ0v) is 22.8. The van der Waals surface area contributed by atoms with Crippen LogP contribution in [0.25, 0.3) is 10.4 Å². The van der Waals surface area contributed by atoms with Gasteiger partial charge in [0.25, 0.3) is 11.8 Å². The zero-order chi connectivity index (χ0) is 26.4. The minimum atomic E-state index is -0.444. The van der Waals surface area contributed by atoms with E-state index in [-0.39, 0.29) is 11.7 Å². The summed E-state index contributed by atoms with van der Waals surface area (Å²) in [5, 5.41) is 20.3. The Morgan fingerprint density at radius 3 is 2.49 bits per heavy atom. The van der Waals surface area contributed by atoms with Crippen LogP contribution in [-0.2, 0) is 6.42 Å². The van der Waals surface area contributed by atoms with Crippen LogP contribution >= 0.6 is 45.9 Å². The topological polar surface area (TPSA) is 104 Å². The van der Waals surface area contributed by atoms with E-state index in [1.165, 1.54) is 11.3 Å². The summed E-state index contributed by atoms with van der Waals surface area (Å²) in [6.07, 6.45) is 5.13. The van der Waals surface area contributed by atoms with E-state index < -0.39 is 5.91 Å². The highest BCUT2D eigenvalue weighted by molar-refractivity contribution is 7.16. The second-order valence-corrected chi connectivity index (χ2v) is 10.8. The Morgan fingerprint density at radius 2 is 1.76 bits per heavy atom. The number of amides is 2. The van der Waals surface area contributed by atoms with Crippen LogP contribution in [0.1, 0.15) is 43.8 Å². The molecule has 0 unspecified atom stereocenters. The van der Waals surface area contributed by atoms with Crippen molar-refractivity contribution in [1.82, 2.24) is 15.7 Å². The molecule has 190 valence electrons. The number of benzene rings is 1. The van der Waals surface area contributed by atoms with Crippen molar-refractivity contribution in [3.05, 3.63) is 91.2 Å². The fraction of sp³-hybridized carbons (Fsp3) is 0.154. The number of carbonyl (C=O) groups excluding carboxylic acids is 2. The monoisotopic (exact) mass is 572 g/mol. The number of halogens is 2. The van der Waals surface area contributed by atoms with Gasteiger partial charge in [-0.25, -0.2) is 5.43 Å². The van der Waals surface area contributed by atoms with Gasteiger partial charge in [-0.1, -0.05) is 29.3 Å². The molecule has 0 aliphatic carbocycles. The molecular formula is C26H22Cl2N4O3S2. The molecule has 1 aromatic carbocycles. The second-order valence-electron chi connectivity index (χ2n) is 7.97. The van der Waals surface area contributed by atoms with Crippen LogP contribution in [0.15, 0.2) is 65.3 Å². The average molecular weight is 574 g/mol. The van der Waals surface area contributed by atoms with Crippen molar-refractivity contribution in [3.8, 4) is 16.2 Å². The van der Waals surface area contributed by atoms with Gasteiger partial charge in [-0.15, -0.1) is 22.7 Å². The Kier molecular flexibility index (Phi) is 8.94. The molecule has 2 amide bonds. The molecule has 37 heavy (non-hydrogen) atoms. The van der Waals surface area contributed by atoms with E-state index in [0.717, 1.165) is 35.3 Å². The van der Waals surface area contributed by atoms with Gasteiger partial charge in [0, 0.05) is 24.3 Å². The number of aromatic nitrogens is 1. The largest absolute Gasteiger partial charge is 0.506 e. The highest BCUT2D eigenvalue weighted by Crippen LogP contribution is 2.40. The highest BCUT2D eigenvalue weighted by Gasteiger charge is 2.17. The summed E-state index contributed by atoms with van der Waals surface area (Å²) in [7, 11) is 0. The Labute approximate surface area is 231 Å². The van der Waals surface area contributed by atoms with Gasteiger partial charge in [-0.05, 0) is 67.3 Å². The SMILES string of the molecule is C/C(=N/NC(=O)c1ccc(C(=O)NCCCc2ccncc2)s1)c1csc(-c2ccc(Cl)c(Cl)c2)c1O. The number of carbonyl (C=O) groups is 2. The van der Waals surface area contributed by atoms with E-state index in [1.54, 1.807) is 55.0 Å². The first-order valence-electron chi connectivity index (χ1n) is 11.2. The van der Waals surface area contributed by atoms with Crippen molar-refractivity contribution >= 4 is 63.4 Å². The lowest BCUT2D eigenvalue weighted by Gasteiger charge is -2.04. The third kappa shape index (κ3) is 6.75. The number of rotatable bonds is 9. The van der Waals surface area contributed by atoms with Crippen LogP contribution in [0.4, 0.5) is 0 Å². The summed E-state index contributed by atoms with van der Waals surface area (Å²) in [4.78, 5) is 30.4. The van der Waals surface area contributed by atoms with Crippen LogP contribution in [0, 0.1) is 0 Å². The van der Waals surface area contributed by atoms with Gasteiger partial charge in [-0.2, -0.15) is 5.10 Å². The van der Waals surface area contributed by atoms with Crippen molar-refractivity contribution in [1.29, 1.82) is 0 Å². The fourth-order valence-electron chi connectivity index (χ4n) is 3.41. The van der Waals surface area contributed by atoms with Gasteiger partial charge >= 0.3 is 0 Å². The van der Waals surface area contributed by atoms with Crippen molar-refractivity contribution in [2.45, 2.75) is 19.8 Å². The quantitative estimate of drug-likeness (QED) is 0.122. The van der Waals surface area contributed by atoms with Gasteiger partial charge in [0.2, 0.25) is 0 Å². The van der Waals surface area contributed by atoms with Crippen LogP contribution in [0.5, 0.6) is 5.75 Å². The lowest BCUT2D eigenvalue weighted by molar-refractivity contribution is 0.0951. The van der Waals surface area contributed by atoms with Gasteiger partial charge in [0.05, 0.1) is 36.0 Å². The first-order valence-corrected chi connectivity index (χ1v) is 13.7. The molecule has 4 aromatic rings. The molecule has 0 saturated heterocycles. The zero-order valence-electron chi connectivity index (χ0n) is 19.6. The lowest BCUT2D eigenvalue weighted by Crippen LogP contribution is -2.24. The molecule has 0 bridgehead atoms. The maximum absolute atomic E-state index is 12.6. The number of thiophene rings is 2. The van der Waals surface area contributed by atoms with Crippen molar-refractivity contribution in [3.63, 3.8) is 0 Å². The number of nitrogens with zero attached hydrogens (tertiary/aromatic N) is 2. The maximum Gasteiger partial charge on any atom is 0.281 e. The summed E-state index contributed by atoms with van der Waals surface area (Å²) in [5.41, 5.74) is 5.30. The number of hydrazone groups is 1. The van der Waals surface area contributed by atoms with Crippen molar-refractivity contribution < 1.29 is 14.7 Å². The number of aromatic hydroxyl groups is 1. The molecule has 0 aliphatic heterocycles. The molecule has 3 aromatic heterocycles. The van der Waals surface area contributed by atoms with E-state index in [0.29, 0.717) is 42.5 Å². The second kappa shape index (κ2) is 12.3. The molecule has 4 rings (SSSR count). The van der Waals surface area contributed by atoms with Crippen molar-refractivity contribution in [2.75, 3.05) is 6.54 Å². The smallest absolute Gasteiger partial charge is 0.281 e. The van der Waals surface area contributed by atoms with E-state index >= 15 is 0 Å². The summed E-state index contributed by atoms with van der Waals surface area (Å²) in [5.74, 6) is -0.630. The van der Waals surface area contributed by atoms with Gasteiger partial charge in [0.15, 0.2) is 0 Å². The molecule has 0 radical (unpaired) electrons. The summed E-state index contributed by atoms with van der Waals surface area (Å²) in [6, 6.07) is 12.2. The minimum absolute atomic E-state index is 0.0397. The average Bonchev–Trinajstić information content (AvgIpc) is 3.55. The van der Waals surface area contributed by atoms with Crippen LogP contribution in [0.2, 0.25) is 10.0 Å². The van der Waals surface area contributed by atoms with Gasteiger partial charge < -0.3 is 10.4 Å². The molecule has 3 heterocycles. The summed E-state index contributed by atoms with van der Waals surface area (Å²) < 4.78 is 0. The van der Waals surface area contributed by atoms with Gasteiger partial charge in [0.1, 0.15) is 5.75 Å². The molecule has 7 nitrogen and oxygen atoms in total. The van der Waals surface area contributed by atoms with E-state index in [1.807, 2.05) is 12.1 Å². The predicted octanol–water partition coefficient (Wildman–Crippen LogP) is 6.40. The summed E-state index contributed by atoms with van der Waals surface area (Å²) in [6.45, 7) is 2.21. The summed E-state index contributed by atoms with van der Waals surface area (Å²) >= 11 is 14.5. The highest BCUT2D eigenvalue weighted by atomic mass is 35.5. The maximum atomic E-state index is 12.6. The standard InChI is InChI=1S/C26H22Cl2N4O3S2/c1-15(18-14-36-24(23(18)33)17-4-5-19(27)20(28)13-17)31-32-26(35)22-7-6-21(37-22)25(34)30-10-2-3-16-8-11-29-12-9-16/h4-9,11-14,33H,2-3,10H2,1H3,(H,30,34)(H,32,35)/b31-15-. The van der Waals surface area contributed by atoms with Crippen molar-refractivity contribution in [2.24, 2.45) is 5.10 Å². The Bertz CT molecular complexity index is 1450.